The number of hydrogen-bond acceptors (Lipinski definition) is 9. The molecule has 3 heterocycles. The maximum Gasteiger partial charge on any atom is 0.277 e. The molecule has 0 aliphatic carbocycles. The first-order valence-corrected chi connectivity index (χ1v) is 10.1. The zero-order valence-electron chi connectivity index (χ0n) is 15.0. The molecule has 0 spiro atoms. The van der Waals surface area contributed by atoms with Gasteiger partial charge in [-0.25, -0.2) is 0 Å². The number of carbonyl (C=O) groups is 1. The Morgan fingerprint density at radius 1 is 1.32 bits per heavy atom. The summed E-state index contributed by atoms with van der Waals surface area (Å²) in [5, 5.41) is 18.4. The third-order valence-electron chi connectivity index (χ3n) is 4.16. The minimum absolute atomic E-state index is 0.0309. The lowest BCUT2D eigenvalue weighted by molar-refractivity contribution is -0.112. The normalized spacial score (nSPS) is 14.7. The molecular weight excluding hydrogens is 396 g/mol. The number of furan rings is 1. The molecule has 4 rings (SSSR count). The number of nitrogens with zero attached hydrogens (tertiary/aromatic N) is 4. The molecule has 1 aliphatic heterocycles. The molecule has 2 aromatic heterocycles. The topological polar surface area (TPSA) is 96.2 Å². The number of nitriles is 1. The highest BCUT2D eigenvalue weighted by Crippen LogP contribution is 2.46. The third-order valence-corrected chi connectivity index (χ3v) is 6.22. The zero-order valence-corrected chi connectivity index (χ0v) is 16.6. The number of ketones is 1. The zero-order chi connectivity index (χ0) is 19.7. The van der Waals surface area contributed by atoms with E-state index in [1.807, 2.05) is 36.2 Å². The van der Waals surface area contributed by atoms with E-state index in [1.54, 1.807) is 19.3 Å². The van der Waals surface area contributed by atoms with E-state index >= 15 is 0 Å². The van der Waals surface area contributed by atoms with E-state index in [9.17, 15) is 10.1 Å². The van der Waals surface area contributed by atoms with Gasteiger partial charge in [-0.2, -0.15) is 5.26 Å². The Bertz CT molecular complexity index is 1130. The highest BCUT2D eigenvalue weighted by Gasteiger charge is 2.28. The van der Waals surface area contributed by atoms with Crippen molar-refractivity contribution in [2.75, 3.05) is 17.7 Å². The smallest absolute Gasteiger partial charge is 0.277 e. The van der Waals surface area contributed by atoms with Crippen molar-refractivity contribution >= 4 is 35.0 Å². The monoisotopic (exact) mass is 410 g/mol. The second-order valence-electron chi connectivity index (χ2n) is 5.90. The van der Waals surface area contributed by atoms with Crippen LogP contribution >= 0.6 is 23.5 Å². The third kappa shape index (κ3) is 3.32. The predicted octanol–water partition coefficient (Wildman–Crippen LogP) is 4.28. The minimum Gasteiger partial charge on any atom is -0.469 e. The van der Waals surface area contributed by atoms with Crippen molar-refractivity contribution in [2.45, 2.75) is 17.0 Å². The number of anilines is 1. The number of benzene rings is 1. The summed E-state index contributed by atoms with van der Waals surface area (Å²) < 4.78 is 10.8. The molecule has 7 nitrogen and oxygen atoms in total. The standard InChI is InChI=1S/C19H14N4O3S2/c1-11-12(7-8-25-11)17-21-22-19(26-17)27-10-15(24)13(9-20)18-23(2)14-5-3-4-6-16(14)28-18/h3-8H,10H2,1-2H3/b18-13-. The number of carbonyl (C=O) groups excluding carboxylic acids is 1. The van der Waals surface area contributed by atoms with E-state index in [1.165, 1.54) is 11.8 Å². The van der Waals surface area contributed by atoms with Gasteiger partial charge in [0.2, 0.25) is 0 Å². The van der Waals surface area contributed by atoms with E-state index in [4.69, 9.17) is 8.83 Å². The Morgan fingerprint density at radius 3 is 2.86 bits per heavy atom. The highest BCUT2D eigenvalue weighted by molar-refractivity contribution is 8.03. The maximum atomic E-state index is 12.7. The second-order valence-corrected chi connectivity index (χ2v) is 7.85. The summed E-state index contributed by atoms with van der Waals surface area (Å²) in [7, 11) is 1.85. The van der Waals surface area contributed by atoms with Gasteiger partial charge < -0.3 is 13.7 Å². The average molecular weight is 410 g/mol. The van der Waals surface area contributed by atoms with Gasteiger partial charge in [0.15, 0.2) is 5.78 Å². The number of rotatable bonds is 5. The molecule has 0 radical (unpaired) electrons. The van der Waals surface area contributed by atoms with Crippen LogP contribution < -0.4 is 4.90 Å². The van der Waals surface area contributed by atoms with Gasteiger partial charge in [0.05, 0.1) is 23.3 Å². The molecule has 28 heavy (non-hydrogen) atoms. The summed E-state index contributed by atoms with van der Waals surface area (Å²) in [5.41, 5.74) is 1.82. The van der Waals surface area contributed by atoms with Crippen molar-refractivity contribution in [3.63, 3.8) is 0 Å². The van der Waals surface area contributed by atoms with Gasteiger partial charge in [-0.1, -0.05) is 35.7 Å². The molecule has 0 N–H and O–H groups in total. The fourth-order valence-corrected chi connectivity index (χ4v) is 4.53. The van der Waals surface area contributed by atoms with Gasteiger partial charge in [0.25, 0.3) is 11.1 Å². The van der Waals surface area contributed by atoms with Crippen LogP contribution in [0.2, 0.25) is 0 Å². The lowest BCUT2D eigenvalue weighted by Crippen LogP contribution is -2.16. The summed E-state index contributed by atoms with van der Waals surface area (Å²) in [4.78, 5) is 15.6. The summed E-state index contributed by atoms with van der Waals surface area (Å²) in [5.74, 6) is 0.757. The van der Waals surface area contributed by atoms with Gasteiger partial charge in [-0.3, -0.25) is 4.79 Å². The molecule has 0 fully saturated rings. The Kier molecular flexibility index (Phi) is 4.98. The Morgan fingerprint density at radius 2 is 2.14 bits per heavy atom. The molecule has 1 aliphatic rings. The van der Waals surface area contributed by atoms with E-state index in [-0.39, 0.29) is 22.3 Å². The lowest BCUT2D eigenvalue weighted by atomic mass is 10.2. The molecule has 1 aromatic carbocycles. The van der Waals surface area contributed by atoms with Crippen LogP contribution in [0.3, 0.4) is 0 Å². The van der Waals surface area contributed by atoms with Gasteiger partial charge in [0, 0.05) is 11.9 Å². The van der Waals surface area contributed by atoms with Crippen molar-refractivity contribution in [1.82, 2.24) is 10.2 Å². The SMILES string of the molecule is Cc1occc1-c1nnc(SCC(=O)/C(C#N)=C2\Sc3ccccc3N2C)o1. The van der Waals surface area contributed by atoms with Gasteiger partial charge in [-0.15, -0.1) is 10.2 Å². The summed E-state index contributed by atoms with van der Waals surface area (Å²) in [6.45, 7) is 1.80. The molecule has 0 atom stereocenters. The fraction of sp³-hybridized carbons (Fsp3) is 0.158. The van der Waals surface area contributed by atoms with E-state index in [2.05, 4.69) is 16.3 Å². The van der Waals surface area contributed by atoms with Crippen LogP contribution in [0.4, 0.5) is 5.69 Å². The summed E-state index contributed by atoms with van der Waals surface area (Å²) >= 11 is 2.53. The van der Waals surface area contributed by atoms with Crippen LogP contribution in [0.15, 0.2) is 66.1 Å². The Hall–Kier alpha value is -2.96. The quantitative estimate of drug-likeness (QED) is 0.347. The number of thioether (sulfide) groups is 2. The van der Waals surface area contributed by atoms with Crippen molar-refractivity contribution in [3.8, 4) is 17.5 Å². The fourth-order valence-electron chi connectivity index (χ4n) is 2.73. The molecule has 0 amide bonds. The average Bonchev–Trinajstić information content (AvgIpc) is 3.41. The van der Waals surface area contributed by atoms with Crippen LogP contribution in [0.5, 0.6) is 0 Å². The summed E-state index contributed by atoms with van der Waals surface area (Å²) in [6, 6.07) is 11.6. The first-order valence-electron chi connectivity index (χ1n) is 8.27. The molecule has 0 unspecified atom stereocenters. The van der Waals surface area contributed by atoms with Gasteiger partial charge >= 0.3 is 0 Å². The van der Waals surface area contributed by atoms with Crippen LogP contribution in [0, 0.1) is 18.3 Å². The molecule has 0 bridgehead atoms. The Labute approximate surface area is 169 Å². The predicted molar refractivity (Wildman–Crippen MR) is 106 cm³/mol. The number of hydrogen-bond donors (Lipinski definition) is 0. The molecule has 140 valence electrons. The van der Waals surface area contributed by atoms with Gasteiger partial charge in [0.1, 0.15) is 22.4 Å². The molecule has 3 aromatic rings. The molecule has 0 saturated carbocycles. The van der Waals surface area contributed by atoms with E-state index in [0.29, 0.717) is 22.2 Å². The first kappa shape index (κ1) is 18.4. The second kappa shape index (κ2) is 7.58. The number of aromatic nitrogens is 2. The van der Waals surface area contributed by atoms with Crippen molar-refractivity contribution in [3.05, 3.63) is 53.0 Å². The van der Waals surface area contributed by atoms with Crippen LogP contribution in [0.25, 0.3) is 11.5 Å². The van der Waals surface area contributed by atoms with Crippen LogP contribution in [-0.2, 0) is 4.79 Å². The van der Waals surface area contributed by atoms with Crippen molar-refractivity contribution in [2.24, 2.45) is 0 Å². The van der Waals surface area contributed by atoms with Gasteiger partial charge in [-0.05, 0) is 25.1 Å². The highest BCUT2D eigenvalue weighted by atomic mass is 32.2. The molecule has 0 saturated heterocycles. The number of para-hydroxylation sites is 1. The molecular formula is C19H14N4O3S2. The van der Waals surface area contributed by atoms with Crippen molar-refractivity contribution in [1.29, 1.82) is 5.26 Å². The van der Waals surface area contributed by atoms with Crippen LogP contribution in [-0.4, -0.2) is 28.8 Å². The van der Waals surface area contributed by atoms with Crippen LogP contribution in [0.1, 0.15) is 5.76 Å². The minimum atomic E-state index is -0.283. The number of fused-ring (bicyclic) bond motifs is 1. The van der Waals surface area contributed by atoms with E-state index in [0.717, 1.165) is 22.3 Å². The first-order chi connectivity index (χ1) is 13.6. The number of Topliss-reactive ketones (excluding diaryl/α,β-unsaturated/α-hetero) is 1. The number of aryl methyl sites for hydroxylation is 1. The molecule has 9 heteroatoms. The largest absolute Gasteiger partial charge is 0.469 e. The lowest BCUT2D eigenvalue weighted by Gasteiger charge is -2.14. The Balaban J connectivity index is 1.49. The van der Waals surface area contributed by atoms with E-state index < -0.39 is 0 Å². The van der Waals surface area contributed by atoms with Crippen molar-refractivity contribution < 1.29 is 13.6 Å². The maximum absolute atomic E-state index is 12.7. The number of allylic oxidation sites excluding steroid dienone is 1. The summed E-state index contributed by atoms with van der Waals surface area (Å²) in [6.07, 6.45) is 1.55.